The van der Waals surface area contributed by atoms with Gasteiger partial charge in [0.2, 0.25) is 0 Å². The number of aromatic nitrogens is 2. The molecule has 0 aromatic carbocycles. The van der Waals surface area contributed by atoms with Gasteiger partial charge in [0.05, 0.1) is 0 Å². The lowest BCUT2D eigenvalue weighted by molar-refractivity contribution is 0.543. The molecule has 0 amide bonds. The Bertz CT molecular complexity index is 456. The summed E-state index contributed by atoms with van der Waals surface area (Å²) in [5, 5.41) is 3.27. The lowest BCUT2D eigenvalue weighted by atomic mass is 10.5. The second-order valence-corrected chi connectivity index (χ2v) is 3.93. The summed E-state index contributed by atoms with van der Waals surface area (Å²) in [6, 6.07) is 2.02. The molecule has 0 spiro atoms. The van der Waals surface area contributed by atoms with Crippen molar-refractivity contribution >= 4 is 0 Å². The zero-order valence-electron chi connectivity index (χ0n) is 8.77. The van der Waals surface area contributed by atoms with Crippen LogP contribution in [0.3, 0.4) is 0 Å². The summed E-state index contributed by atoms with van der Waals surface area (Å²) >= 11 is 0. The number of hydrogen-bond donors (Lipinski definition) is 1. The molecule has 0 aliphatic heterocycles. The summed E-state index contributed by atoms with van der Waals surface area (Å²) in [5.41, 5.74) is -0.476. The van der Waals surface area contributed by atoms with E-state index in [1.54, 1.807) is 7.05 Å². The van der Waals surface area contributed by atoms with Crippen molar-refractivity contribution in [2.75, 3.05) is 6.54 Å². The first kappa shape index (κ1) is 10.2. The van der Waals surface area contributed by atoms with Crippen LogP contribution in [0.1, 0.15) is 12.8 Å². The maximum Gasteiger partial charge on any atom is 0.330 e. The van der Waals surface area contributed by atoms with E-state index in [1.807, 2.05) is 0 Å². The fourth-order valence-corrected chi connectivity index (χ4v) is 1.49. The summed E-state index contributed by atoms with van der Waals surface area (Å²) in [7, 11) is 1.65. The largest absolute Gasteiger partial charge is 0.330 e. The third-order valence-electron chi connectivity index (χ3n) is 2.59. The molecule has 0 saturated heterocycles. The van der Waals surface area contributed by atoms with Gasteiger partial charge in [-0.3, -0.25) is 9.36 Å². The first-order valence-electron chi connectivity index (χ1n) is 5.18. The van der Waals surface area contributed by atoms with Crippen LogP contribution in [0.15, 0.2) is 21.9 Å². The average Bonchev–Trinajstić information content (AvgIpc) is 3.01. The SMILES string of the molecule is Cn1ccc(=O)n(CCNC2CC2)c1=O. The molecule has 0 radical (unpaired) electrons. The van der Waals surface area contributed by atoms with Crippen LogP contribution in [0.2, 0.25) is 0 Å². The zero-order chi connectivity index (χ0) is 10.8. The van der Waals surface area contributed by atoms with Crippen LogP contribution in [-0.4, -0.2) is 21.7 Å². The molecule has 1 saturated carbocycles. The van der Waals surface area contributed by atoms with Gasteiger partial charge < -0.3 is 9.88 Å². The number of rotatable bonds is 4. The van der Waals surface area contributed by atoms with Gasteiger partial charge in [-0.15, -0.1) is 0 Å². The molecule has 1 aromatic rings. The third kappa shape index (κ3) is 2.36. The van der Waals surface area contributed by atoms with E-state index in [1.165, 1.54) is 34.2 Å². The van der Waals surface area contributed by atoms with Gasteiger partial charge in [0.15, 0.2) is 0 Å². The maximum atomic E-state index is 11.6. The number of nitrogens with one attached hydrogen (secondary N) is 1. The van der Waals surface area contributed by atoms with E-state index >= 15 is 0 Å². The fourth-order valence-electron chi connectivity index (χ4n) is 1.49. The molecule has 5 heteroatoms. The summed E-state index contributed by atoms with van der Waals surface area (Å²) in [5.74, 6) is 0. The molecule has 0 unspecified atom stereocenters. The topological polar surface area (TPSA) is 56.0 Å². The van der Waals surface area contributed by atoms with Crippen LogP contribution < -0.4 is 16.6 Å². The van der Waals surface area contributed by atoms with Gasteiger partial charge in [0.25, 0.3) is 5.56 Å². The Kier molecular flexibility index (Phi) is 2.73. The van der Waals surface area contributed by atoms with Crippen LogP contribution in [0.25, 0.3) is 0 Å². The van der Waals surface area contributed by atoms with Gasteiger partial charge in [-0.2, -0.15) is 0 Å². The van der Waals surface area contributed by atoms with Crippen molar-refractivity contribution in [3.63, 3.8) is 0 Å². The summed E-state index contributed by atoms with van der Waals surface area (Å²) in [4.78, 5) is 23.0. The second-order valence-electron chi connectivity index (χ2n) is 3.93. The van der Waals surface area contributed by atoms with E-state index in [4.69, 9.17) is 0 Å². The van der Waals surface area contributed by atoms with Gasteiger partial charge in [-0.1, -0.05) is 0 Å². The molecule has 1 N–H and O–H groups in total. The second kappa shape index (κ2) is 4.02. The molecule has 1 heterocycles. The highest BCUT2D eigenvalue weighted by atomic mass is 16.2. The van der Waals surface area contributed by atoms with Crippen LogP contribution in [0.4, 0.5) is 0 Å². The minimum Gasteiger partial charge on any atom is -0.312 e. The van der Waals surface area contributed by atoms with Crippen molar-refractivity contribution in [3.8, 4) is 0 Å². The monoisotopic (exact) mass is 209 g/mol. The van der Waals surface area contributed by atoms with E-state index in [2.05, 4.69) is 5.32 Å². The Labute approximate surface area is 87.3 Å². The first-order chi connectivity index (χ1) is 7.18. The molecule has 1 aliphatic rings. The van der Waals surface area contributed by atoms with Crippen molar-refractivity contribution in [3.05, 3.63) is 33.1 Å². The Morgan fingerprint density at radius 1 is 1.47 bits per heavy atom. The molecule has 5 nitrogen and oxygen atoms in total. The highest BCUT2D eigenvalue weighted by Crippen LogP contribution is 2.17. The standard InChI is InChI=1S/C10H15N3O2/c1-12-6-4-9(14)13(10(12)15)7-5-11-8-2-3-8/h4,6,8,11H,2-3,5,7H2,1H3. The Balaban J connectivity index is 2.08. The molecule has 1 aromatic heterocycles. The van der Waals surface area contributed by atoms with E-state index in [-0.39, 0.29) is 11.2 Å². The smallest absolute Gasteiger partial charge is 0.312 e. The molecule has 1 aliphatic carbocycles. The first-order valence-corrected chi connectivity index (χ1v) is 5.18. The Hall–Kier alpha value is -1.36. The predicted octanol–water partition coefficient (Wildman–Crippen LogP) is -0.701. The van der Waals surface area contributed by atoms with E-state index in [0.717, 1.165) is 0 Å². The van der Waals surface area contributed by atoms with Crippen molar-refractivity contribution in [2.45, 2.75) is 25.4 Å². The number of nitrogens with zero attached hydrogens (tertiary/aromatic N) is 2. The molecule has 82 valence electrons. The Morgan fingerprint density at radius 3 is 2.87 bits per heavy atom. The molecule has 0 atom stereocenters. The summed E-state index contributed by atoms with van der Waals surface area (Å²) < 4.78 is 2.67. The van der Waals surface area contributed by atoms with Crippen LogP contribution >= 0.6 is 0 Å². The average molecular weight is 209 g/mol. The molecular formula is C10H15N3O2. The van der Waals surface area contributed by atoms with E-state index < -0.39 is 0 Å². The molecular weight excluding hydrogens is 194 g/mol. The highest BCUT2D eigenvalue weighted by Gasteiger charge is 2.19. The van der Waals surface area contributed by atoms with Gasteiger partial charge in [0.1, 0.15) is 0 Å². The van der Waals surface area contributed by atoms with E-state index in [0.29, 0.717) is 19.1 Å². The normalized spacial score (nSPS) is 15.5. The Morgan fingerprint density at radius 2 is 2.20 bits per heavy atom. The lowest BCUT2D eigenvalue weighted by Gasteiger charge is -2.06. The molecule has 2 rings (SSSR count). The third-order valence-corrected chi connectivity index (χ3v) is 2.59. The maximum absolute atomic E-state index is 11.6. The predicted molar refractivity (Wildman–Crippen MR) is 57.0 cm³/mol. The number of hydrogen-bond acceptors (Lipinski definition) is 3. The highest BCUT2D eigenvalue weighted by molar-refractivity contribution is 4.86. The lowest BCUT2D eigenvalue weighted by Crippen LogP contribution is -2.40. The molecule has 15 heavy (non-hydrogen) atoms. The van der Waals surface area contributed by atoms with Crippen molar-refractivity contribution in [1.82, 2.24) is 14.5 Å². The quantitative estimate of drug-likeness (QED) is 0.713. The summed E-state index contributed by atoms with van der Waals surface area (Å²) in [6.07, 6.45) is 3.92. The van der Waals surface area contributed by atoms with E-state index in [9.17, 15) is 9.59 Å². The van der Waals surface area contributed by atoms with Crippen molar-refractivity contribution < 1.29 is 0 Å². The van der Waals surface area contributed by atoms with Crippen LogP contribution in [-0.2, 0) is 13.6 Å². The molecule has 0 bridgehead atoms. The summed E-state index contributed by atoms with van der Waals surface area (Å²) in [6.45, 7) is 1.13. The van der Waals surface area contributed by atoms with Gasteiger partial charge in [-0.05, 0) is 12.8 Å². The van der Waals surface area contributed by atoms with Crippen LogP contribution in [0.5, 0.6) is 0 Å². The van der Waals surface area contributed by atoms with Crippen molar-refractivity contribution in [2.24, 2.45) is 7.05 Å². The van der Waals surface area contributed by atoms with Gasteiger partial charge >= 0.3 is 5.69 Å². The minimum atomic E-state index is -0.250. The minimum absolute atomic E-state index is 0.226. The van der Waals surface area contributed by atoms with Gasteiger partial charge in [-0.25, -0.2) is 4.79 Å². The fraction of sp³-hybridized carbons (Fsp3) is 0.600. The zero-order valence-corrected chi connectivity index (χ0v) is 8.77. The van der Waals surface area contributed by atoms with Crippen LogP contribution in [0, 0.1) is 0 Å². The molecule has 1 fully saturated rings. The van der Waals surface area contributed by atoms with Crippen molar-refractivity contribution in [1.29, 1.82) is 0 Å². The number of aryl methyl sites for hydroxylation is 1. The van der Waals surface area contributed by atoms with Gasteiger partial charge in [0, 0.05) is 38.4 Å².